The fourth-order valence-corrected chi connectivity index (χ4v) is 2.98. The van der Waals surface area contributed by atoms with Gasteiger partial charge in [0.25, 0.3) is 5.91 Å². The minimum atomic E-state index is -0.0373. The molecule has 1 amide bonds. The Hall–Kier alpha value is -2.70. The summed E-state index contributed by atoms with van der Waals surface area (Å²) in [5.41, 5.74) is 0.448. The number of nitrogens with zero attached hydrogens (tertiary/aromatic N) is 5. The molecule has 3 heterocycles. The Morgan fingerprint density at radius 3 is 2.65 bits per heavy atom. The number of unbranched alkanes of at least 4 members (excludes halogenated alkanes) is 2. The van der Waals surface area contributed by atoms with Crippen molar-refractivity contribution < 1.29 is 4.79 Å². The van der Waals surface area contributed by atoms with Gasteiger partial charge in [0.1, 0.15) is 11.5 Å². The summed E-state index contributed by atoms with van der Waals surface area (Å²) in [5, 5.41) is 3.20. The average molecular weight is 354 g/mol. The molecule has 1 aliphatic heterocycles. The summed E-state index contributed by atoms with van der Waals surface area (Å²) in [6.07, 6.45) is 6.86. The normalized spacial score (nSPS) is 14.3. The lowest BCUT2D eigenvalue weighted by Crippen LogP contribution is -2.49. The van der Waals surface area contributed by atoms with E-state index in [1.165, 1.54) is 12.8 Å². The van der Waals surface area contributed by atoms with Crippen LogP contribution < -0.4 is 10.2 Å². The Morgan fingerprint density at radius 2 is 1.92 bits per heavy atom. The first kappa shape index (κ1) is 18.1. The fourth-order valence-electron chi connectivity index (χ4n) is 2.98. The molecule has 0 radical (unpaired) electrons. The summed E-state index contributed by atoms with van der Waals surface area (Å²) < 4.78 is 0. The lowest BCUT2D eigenvalue weighted by atomic mass is 10.2. The number of amides is 1. The van der Waals surface area contributed by atoms with Crippen LogP contribution in [0.3, 0.4) is 0 Å². The van der Waals surface area contributed by atoms with E-state index in [1.54, 1.807) is 18.5 Å². The zero-order valence-electron chi connectivity index (χ0n) is 15.3. The van der Waals surface area contributed by atoms with Gasteiger partial charge < -0.3 is 15.1 Å². The first-order valence-corrected chi connectivity index (χ1v) is 9.30. The Balaban J connectivity index is 1.55. The number of pyridine rings is 1. The molecule has 1 saturated heterocycles. The maximum Gasteiger partial charge on any atom is 0.272 e. The molecule has 1 aliphatic rings. The van der Waals surface area contributed by atoms with E-state index < -0.39 is 0 Å². The molecule has 2 aromatic heterocycles. The van der Waals surface area contributed by atoms with Gasteiger partial charge in [-0.1, -0.05) is 25.8 Å². The highest BCUT2D eigenvalue weighted by Crippen LogP contribution is 2.14. The summed E-state index contributed by atoms with van der Waals surface area (Å²) in [4.78, 5) is 29.8. The van der Waals surface area contributed by atoms with E-state index in [-0.39, 0.29) is 5.91 Å². The monoisotopic (exact) mass is 354 g/mol. The molecular formula is C19H26N6O. The molecule has 3 rings (SSSR count). The van der Waals surface area contributed by atoms with Gasteiger partial charge >= 0.3 is 0 Å². The first-order valence-electron chi connectivity index (χ1n) is 9.30. The molecule has 0 spiro atoms. The van der Waals surface area contributed by atoms with E-state index in [0.29, 0.717) is 24.7 Å². The number of rotatable bonds is 7. The van der Waals surface area contributed by atoms with Crippen molar-refractivity contribution >= 4 is 17.7 Å². The van der Waals surface area contributed by atoms with E-state index >= 15 is 0 Å². The predicted molar refractivity (Wildman–Crippen MR) is 102 cm³/mol. The highest BCUT2D eigenvalue weighted by atomic mass is 16.2. The number of carbonyl (C=O) groups excluding carboxylic acids is 1. The number of hydrogen-bond donors (Lipinski definition) is 1. The number of nitrogens with one attached hydrogen (secondary N) is 1. The Bertz CT molecular complexity index is 700. The highest BCUT2D eigenvalue weighted by Gasteiger charge is 2.23. The van der Waals surface area contributed by atoms with E-state index in [4.69, 9.17) is 0 Å². The van der Waals surface area contributed by atoms with Crippen molar-refractivity contribution in [2.45, 2.75) is 26.2 Å². The van der Waals surface area contributed by atoms with Crippen molar-refractivity contribution in [3.05, 3.63) is 42.4 Å². The highest BCUT2D eigenvalue weighted by molar-refractivity contribution is 5.92. The molecule has 0 saturated carbocycles. The minimum Gasteiger partial charge on any atom is -0.354 e. The van der Waals surface area contributed by atoms with E-state index in [2.05, 4.69) is 32.1 Å². The second-order valence-electron chi connectivity index (χ2n) is 6.37. The van der Waals surface area contributed by atoms with Crippen LogP contribution in [-0.2, 0) is 0 Å². The van der Waals surface area contributed by atoms with Crippen LogP contribution in [0.1, 0.15) is 36.7 Å². The standard InChI is InChI=1S/C19H26N6O/c1-2-3-5-10-21-19-22-11-8-16(23-19)18(26)25-14-12-24(13-15-25)17-7-4-6-9-20-17/h4,6-9,11H,2-3,5,10,12-15H2,1H3,(H,21,22,23). The van der Waals surface area contributed by atoms with Crippen molar-refractivity contribution in [1.82, 2.24) is 19.9 Å². The van der Waals surface area contributed by atoms with Crippen LogP contribution in [0, 0.1) is 0 Å². The maximum absolute atomic E-state index is 12.7. The Morgan fingerprint density at radius 1 is 1.08 bits per heavy atom. The maximum atomic E-state index is 12.7. The number of aromatic nitrogens is 3. The van der Waals surface area contributed by atoms with Gasteiger partial charge in [0, 0.05) is 45.1 Å². The fraction of sp³-hybridized carbons (Fsp3) is 0.474. The SMILES string of the molecule is CCCCCNc1nccc(C(=O)N2CCN(c3ccccn3)CC2)n1. The summed E-state index contributed by atoms with van der Waals surface area (Å²) in [6.45, 7) is 5.88. The molecule has 0 aliphatic carbocycles. The molecule has 7 heteroatoms. The third kappa shape index (κ3) is 4.68. The molecule has 0 unspecified atom stereocenters. The van der Waals surface area contributed by atoms with Crippen LogP contribution in [0.5, 0.6) is 0 Å². The van der Waals surface area contributed by atoms with Crippen LogP contribution >= 0.6 is 0 Å². The zero-order chi connectivity index (χ0) is 18.2. The molecular weight excluding hydrogens is 328 g/mol. The van der Waals surface area contributed by atoms with E-state index in [0.717, 1.165) is 31.9 Å². The quantitative estimate of drug-likeness (QED) is 0.770. The number of carbonyl (C=O) groups is 1. The van der Waals surface area contributed by atoms with Crippen LogP contribution in [0.15, 0.2) is 36.7 Å². The zero-order valence-corrected chi connectivity index (χ0v) is 15.3. The number of anilines is 2. The lowest BCUT2D eigenvalue weighted by Gasteiger charge is -2.35. The molecule has 0 aromatic carbocycles. The molecule has 1 fully saturated rings. The molecule has 0 atom stereocenters. The van der Waals surface area contributed by atoms with E-state index in [9.17, 15) is 4.79 Å². The van der Waals surface area contributed by atoms with Gasteiger partial charge in [0.05, 0.1) is 0 Å². The molecule has 26 heavy (non-hydrogen) atoms. The van der Waals surface area contributed by atoms with Gasteiger partial charge in [-0.2, -0.15) is 0 Å². The third-order valence-electron chi connectivity index (χ3n) is 4.48. The minimum absolute atomic E-state index is 0.0373. The molecule has 1 N–H and O–H groups in total. The largest absolute Gasteiger partial charge is 0.354 e. The second-order valence-corrected chi connectivity index (χ2v) is 6.37. The van der Waals surface area contributed by atoms with Crippen molar-refractivity contribution in [3.63, 3.8) is 0 Å². The van der Waals surface area contributed by atoms with Crippen LogP contribution in [0.4, 0.5) is 11.8 Å². The first-order chi connectivity index (χ1) is 12.8. The van der Waals surface area contributed by atoms with Crippen LogP contribution in [-0.4, -0.2) is 58.5 Å². The Labute approximate surface area is 154 Å². The topological polar surface area (TPSA) is 74.2 Å². The van der Waals surface area contributed by atoms with Crippen LogP contribution in [0.2, 0.25) is 0 Å². The summed E-state index contributed by atoms with van der Waals surface area (Å²) in [7, 11) is 0. The van der Waals surface area contributed by atoms with Gasteiger partial charge in [-0.15, -0.1) is 0 Å². The van der Waals surface area contributed by atoms with Gasteiger partial charge in [-0.25, -0.2) is 15.0 Å². The lowest BCUT2D eigenvalue weighted by molar-refractivity contribution is 0.0740. The number of hydrogen-bond acceptors (Lipinski definition) is 6. The number of piperazine rings is 1. The average Bonchev–Trinajstić information content (AvgIpc) is 2.72. The Kier molecular flexibility index (Phi) is 6.35. The van der Waals surface area contributed by atoms with Gasteiger partial charge in [0.2, 0.25) is 5.95 Å². The van der Waals surface area contributed by atoms with Crippen molar-refractivity contribution in [2.24, 2.45) is 0 Å². The summed E-state index contributed by atoms with van der Waals surface area (Å²) in [6, 6.07) is 7.57. The molecule has 0 bridgehead atoms. The van der Waals surface area contributed by atoms with Crippen molar-refractivity contribution in [1.29, 1.82) is 0 Å². The van der Waals surface area contributed by atoms with Crippen molar-refractivity contribution in [2.75, 3.05) is 42.9 Å². The summed E-state index contributed by atoms with van der Waals surface area (Å²) in [5.74, 6) is 1.45. The van der Waals surface area contributed by atoms with Crippen LogP contribution in [0.25, 0.3) is 0 Å². The van der Waals surface area contributed by atoms with Crippen molar-refractivity contribution in [3.8, 4) is 0 Å². The van der Waals surface area contributed by atoms with E-state index in [1.807, 2.05) is 23.1 Å². The summed E-state index contributed by atoms with van der Waals surface area (Å²) >= 11 is 0. The second kappa shape index (κ2) is 9.12. The molecule has 138 valence electrons. The molecule has 7 nitrogen and oxygen atoms in total. The van der Waals surface area contributed by atoms with Gasteiger partial charge in [-0.3, -0.25) is 4.79 Å². The third-order valence-corrected chi connectivity index (χ3v) is 4.48. The predicted octanol–water partition coefficient (Wildman–Crippen LogP) is 2.44. The smallest absolute Gasteiger partial charge is 0.272 e. The molecule has 2 aromatic rings. The van der Waals surface area contributed by atoms with Gasteiger partial charge in [0.15, 0.2) is 0 Å². The van der Waals surface area contributed by atoms with Gasteiger partial charge in [-0.05, 0) is 24.6 Å².